The molecule has 1 aliphatic rings. The highest BCUT2D eigenvalue weighted by Crippen LogP contribution is 2.35. The Morgan fingerprint density at radius 2 is 1.82 bits per heavy atom. The molecule has 0 saturated carbocycles. The molecule has 1 aliphatic heterocycles. The molecule has 0 saturated heterocycles. The van der Waals surface area contributed by atoms with E-state index in [9.17, 15) is 9.59 Å². The number of carbonyl (C=O) groups excluding carboxylic acids is 1. The Labute approximate surface area is 238 Å². The first kappa shape index (κ1) is 26.6. The molecule has 0 N–H and O–H groups in total. The fourth-order valence-corrected chi connectivity index (χ4v) is 5.93. The van der Waals surface area contributed by atoms with Gasteiger partial charge in [0.05, 0.1) is 32.9 Å². The van der Waals surface area contributed by atoms with Gasteiger partial charge in [0.25, 0.3) is 5.56 Å². The van der Waals surface area contributed by atoms with Crippen molar-refractivity contribution < 1.29 is 14.3 Å². The van der Waals surface area contributed by atoms with E-state index in [1.165, 1.54) is 11.3 Å². The van der Waals surface area contributed by atoms with Crippen LogP contribution in [0.1, 0.15) is 29.7 Å². The monoisotopic (exact) mass is 600 g/mol. The number of aromatic nitrogens is 1. The van der Waals surface area contributed by atoms with Crippen LogP contribution >= 0.6 is 27.3 Å². The second kappa shape index (κ2) is 11.8. The minimum atomic E-state index is -0.694. The predicted octanol–water partition coefficient (Wildman–Crippen LogP) is 5.26. The number of rotatable bonds is 8. The highest BCUT2D eigenvalue weighted by atomic mass is 79.9. The van der Waals surface area contributed by atoms with Gasteiger partial charge in [-0.3, -0.25) is 9.36 Å². The molecule has 196 valence electrons. The molecule has 8 heteroatoms. The molecule has 0 amide bonds. The molecule has 1 atom stereocenters. The minimum Gasteiger partial charge on any atom is -0.488 e. The van der Waals surface area contributed by atoms with Crippen LogP contribution in [0.15, 0.2) is 111 Å². The molecule has 0 bridgehead atoms. The third-order valence-electron chi connectivity index (χ3n) is 6.10. The Hall–Kier alpha value is -4.01. The molecular weight excluding hydrogens is 576 g/mol. The zero-order valence-corrected chi connectivity index (χ0v) is 23.6. The number of carbonyl (C=O) groups is 1. The predicted molar refractivity (Wildman–Crippen MR) is 157 cm³/mol. The summed E-state index contributed by atoms with van der Waals surface area (Å²) in [5.41, 5.74) is 3.00. The lowest BCUT2D eigenvalue weighted by atomic mass is 9.93. The van der Waals surface area contributed by atoms with E-state index >= 15 is 0 Å². The lowest BCUT2D eigenvalue weighted by Gasteiger charge is -2.25. The molecule has 0 spiro atoms. The summed E-state index contributed by atoms with van der Waals surface area (Å²) in [6.45, 7) is 6.04. The molecule has 4 aromatic rings. The Bertz CT molecular complexity index is 1740. The summed E-state index contributed by atoms with van der Waals surface area (Å²) >= 11 is 4.83. The molecule has 0 aliphatic carbocycles. The van der Waals surface area contributed by atoms with Gasteiger partial charge in [0.15, 0.2) is 4.80 Å². The van der Waals surface area contributed by atoms with Gasteiger partial charge in [-0.15, -0.1) is 0 Å². The SMILES string of the molecule is C=CCOc1ccc(/C=c2\sc3n(c2=O)[C@H](c2ccccc2)C(C(=O)OCC)=C(c2ccccc2)N=3)cc1Br. The molecule has 3 aromatic carbocycles. The van der Waals surface area contributed by atoms with Crippen LogP contribution in [0.25, 0.3) is 11.8 Å². The van der Waals surface area contributed by atoms with Crippen LogP contribution in [0.4, 0.5) is 0 Å². The second-order valence-electron chi connectivity index (χ2n) is 8.63. The Kier molecular flexibility index (Phi) is 8.05. The third kappa shape index (κ3) is 5.44. The van der Waals surface area contributed by atoms with Crippen molar-refractivity contribution in [2.75, 3.05) is 13.2 Å². The van der Waals surface area contributed by atoms with Gasteiger partial charge in [-0.1, -0.05) is 90.7 Å². The topological polar surface area (TPSA) is 69.9 Å². The molecule has 5 rings (SSSR count). The normalized spacial score (nSPS) is 14.9. The summed E-state index contributed by atoms with van der Waals surface area (Å²) in [6.07, 6.45) is 3.50. The van der Waals surface area contributed by atoms with Crippen LogP contribution < -0.4 is 19.6 Å². The van der Waals surface area contributed by atoms with Crippen molar-refractivity contribution in [2.45, 2.75) is 13.0 Å². The Balaban J connectivity index is 1.74. The fourth-order valence-electron chi connectivity index (χ4n) is 4.42. The van der Waals surface area contributed by atoms with Crippen LogP contribution in [0.3, 0.4) is 0 Å². The van der Waals surface area contributed by atoms with E-state index in [1.807, 2.05) is 84.9 Å². The minimum absolute atomic E-state index is 0.206. The van der Waals surface area contributed by atoms with E-state index in [0.29, 0.717) is 33.0 Å². The number of fused-ring (bicyclic) bond motifs is 1. The maximum Gasteiger partial charge on any atom is 0.338 e. The smallest absolute Gasteiger partial charge is 0.338 e. The van der Waals surface area contributed by atoms with Gasteiger partial charge in [0.1, 0.15) is 12.4 Å². The maximum absolute atomic E-state index is 13.9. The van der Waals surface area contributed by atoms with Gasteiger partial charge in [0, 0.05) is 5.56 Å². The third-order valence-corrected chi connectivity index (χ3v) is 7.70. The fraction of sp³-hybridized carbons (Fsp3) is 0.129. The van der Waals surface area contributed by atoms with Crippen LogP contribution in [0.5, 0.6) is 5.75 Å². The number of hydrogen-bond donors (Lipinski definition) is 0. The number of halogens is 1. The van der Waals surface area contributed by atoms with E-state index in [0.717, 1.165) is 21.2 Å². The van der Waals surface area contributed by atoms with Crippen molar-refractivity contribution in [2.24, 2.45) is 4.99 Å². The lowest BCUT2D eigenvalue weighted by Crippen LogP contribution is -2.39. The molecule has 2 heterocycles. The number of nitrogens with zero attached hydrogens (tertiary/aromatic N) is 2. The summed E-state index contributed by atoms with van der Waals surface area (Å²) in [5.74, 6) is 0.187. The quantitative estimate of drug-likeness (QED) is 0.204. The first-order valence-corrected chi connectivity index (χ1v) is 14.0. The first-order valence-electron chi connectivity index (χ1n) is 12.4. The molecule has 6 nitrogen and oxygen atoms in total. The summed E-state index contributed by atoms with van der Waals surface area (Å²) in [4.78, 5) is 32.7. The van der Waals surface area contributed by atoms with E-state index < -0.39 is 12.0 Å². The maximum atomic E-state index is 13.9. The standard InChI is InChI=1S/C31H25BrN2O4S/c1-3-17-38-24-16-15-20(18-23(24)32)19-25-29(35)34-28(22-13-9-6-10-14-22)26(30(36)37-4-2)27(33-31(34)39-25)21-11-7-5-8-12-21/h3,5-16,18-19,28H,1,4,17H2,2H3/b25-19-/t28-/m1/s1. The average molecular weight is 602 g/mol. The molecule has 0 unspecified atom stereocenters. The first-order chi connectivity index (χ1) is 19.0. The molecule has 39 heavy (non-hydrogen) atoms. The molecular formula is C31H25BrN2O4S. The number of benzene rings is 3. The number of thiazole rings is 1. The van der Waals surface area contributed by atoms with Crippen molar-refractivity contribution in [3.63, 3.8) is 0 Å². The average Bonchev–Trinajstić information content (AvgIpc) is 3.27. The van der Waals surface area contributed by atoms with Crippen molar-refractivity contribution in [1.29, 1.82) is 0 Å². The van der Waals surface area contributed by atoms with Crippen LogP contribution in [0, 0.1) is 0 Å². The van der Waals surface area contributed by atoms with Gasteiger partial charge in [-0.05, 0) is 52.2 Å². The number of ether oxygens (including phenoxy) is 2. The van der Waals surface area contributed by atoms with Gasteiger partial charge in [-0.2, -0.15) is 0 Å². The highest BCUT2D eigenvalue weighted by molar-refractivity contribution is 9.10. The van der Waals surface area contributed by atoms with Gasteiger partial charge < -0.3 is 9.47 Å². The Morgan fingerprint density at radius 1 is 1.10 bits per heavy atom. The number of esters is 1. The summed E-state index contributed by atoms with van der Waals surface area (Å²) < 4.78 is 14.0. The van der Waals surface area contributed by atoms with Gasteiger partial charge in [-0.25, -0.2) is 9.79 Å². The summed E-state index contributed by atoms with van der Waals surface area (Å²) in [7, 11) is 0. The van der Waals surface area contributed by atoms with Crippen LogP contribution in [0.2, 0.25) is 0 Å². The van der Waals surface area contributed by atoms with Crippen molar-refractivity contribution in [3.05, 3.63) is 138 Å². The summed E-state index contributed by atoms with van der Waals surface area (Å²) in [6, 6.07) is 23.9. The van der Waals surface area contributed by atoms with Crippen molar-refractivity contribution in [3.8, 4) is 5.75 Å². The van der Waals surface area contributed by atoms with E-state index in [4.69, 9.17) is 14.5 Å². The Morgan fingerprint density at radius 3 is 2.49 bits per heavy atom. The number of hydrogen-bond acceptors (Lipinski definition) is 6. The van der Waals surface area contributed by atoms with E-state index in [2.05, 4.69) is 22.5 Å². The second-order valence-corrected chi connectivity index (χ2v) is 10.5. The van der Waals surface area contributed by atoms with Crippen LogP contribution in [-0.2, 0) is 9.53 Å². The van der Waals surface area contributed by atoms with Crippen LogP contribution in [-0.4, -0.2) is 23.8 Å². The lowest BCUT2D eigenvalue weighted by molar-refractivity contribution is -0.138. The van der Waals surface area contributed by atoms with Gasteiger partial charge in [0.2, 0.25) is 0 Å². The highest BCUT2D eigenvalue weighted by Gasteiger charge is 2.35. The van der Waals surface area contributed by atoms with E-state index in [1.54, 1.807) is 17.6 Å². The van der Waals surface area contributed by atoms with Crippen molar-refractivity contribution >= 4 is 45.0 Å². The largest absolute Gasteiger partial charge is 0.488 e. The molecule has 0 radical (unpaired) electrons. The zero-order valence-electron chi connectivity index (χ0n) is 21.2. The molecule has 1 aromatic heterocycles. The van der Waals surface area contributed by atoms with Crippen molar-refractivity contribution in [1.82, 2.24) is 4.57 Å². The summed E-state index contributed by atoms with van der Waals surface area (Å²) in [5, 5.41) is 0. The molecule has 0 fully saturated rings. The zero-order chi connectivity index (χ0) is 27.4. The van der Waals surface area contributed by atoms with Gasteiger partial charge >= 0.3 is 5.97 Å². The van der Waals surface area contributed by atoms with E-state index in [-0.39, 0.29) is 12.2 Å².